The summed E-state index contributed by atoms with van der Waals surface area (Å²) in [6.45, 7) is -0.297. The molecule has 0 aliphatic carbocycles. The van der Waals surface area contributed by atoms with Crippen LogP contribution < -0.4 is 10.5 Å². The first-order valence-corrected chi connectivity index (χ1v) is 4.16. The Morgan fingerprint density at radius 2 is 2.12 bits per heavy atom. The summed E-state index contributed by atoms with van der Waals surface area (Å²) < 4.78 is 39.3. The molecule has 0 aliphatic heterocycles. The van der Waals surface area contributed by atoms with Gasteiger partial charge < -0.3 is 20.7 Å². The summed E-state index contributed by atoms with van der Waals surface area (Å²) in [4.78, 5) is 14.0. The SMILES string of the molecule is NCc1cc(OC(F)(F)F)c(O)c(C(=O)O)n1. The standard InChI is InChI=1S/C8H7F3N2O4/c9-8(10,11)17-4-1-3(2-12)13-5(6(4)14)7(15)16/h1,14H,2,12H2,(H,15,16). The van der Waals surface area contributed by atoms with Gasteiger partial charge in [0.25, 0.3) is 0 Å². The smallest absolute Gasteiger partial charge is 0.503 e. The molecule has 0 unspecified atom stereocenters. The van der Waals surface area contributed by atoms with Crippen molar-refractivity contribution in [2.75, 3.05) is 0 Å². The minimum Gasteiger partial charge on any atom is -0.503 e. The maximum Gasteiger partial charge on any atom is 0.573 e. The minimum atomic E-state index is -5.06. The van der Waals surface area contributed by atoms with E-state index in [1.54, 1.807) is 0 Å². The molecule has 0 aliphatic rings. The van der Waals surface area contributed by atoms with E-state index in [1.165, 1.54) is 0 Å². The van der Waals surface area contributed by atoms with Crippen LogP contribution in [-0.2, 0) is 6.54 Å². The van der Waals surface area contributed by atoms with E-state index < -0.39 is 29.5 Å². The van der Waals surface area contributed by atoms with Crippen LogP contribution in [-0.4, -0.2) is 27.5 Å². The first-order chi connectivity index (χ1) is 7.74. The molecule has 6 nitrogen and oxygen atoms in total. The Balaban J connectivity index is 3.29. The second kappa shape index (κ2) is 4.45. The van der Waals surface area contributed by atoms with Crippen LogP contribution in [0.2, 0.25) is 0 Å². The van der Waals surface area contributed by atoms with Crippen molar-refractivity contribution in [2.45, 2.75) is 12.9 Å². The highest BCUT2D eigenvalue weighted by Gasteiger charge is 2.33. The minimum absolute atomic E-state index is 0.153. The molecular formula is C8H7F3N2O4. The third-order valence-corrected chi connectivity index (χ3v) is 1.65. The van der Waals surface area contributed by atoms with E-state index in [0.29, 0.717) is 0 Å². The molecule has 1 aromatic heterocycles. The van der Waals surface area contributed by atoms with Crippen molar-refractivity contribution in [3.05, 3.63) is 17.5 Å². The van der Waals surface area contributed by atoms with Crippen molar-refractivity contribution in [1.29, 1.82) is 0 Å². The fraction of sp³-hybridized carbons (Fsp3) is 0.250. The van der Waals surface area contributed by atoms with E-state index in [0.717, 1.165) is 6.07 Å². The van der Waals surface area contributed by atoms with Gasteiger partial charge in [-0.15, -0.1) is 13.2 Å². The second-order valence-corrected chi connectivity index (χ2v) is 2.87. The lowest BCUT2D eigenvalue weighted by Gasteiger charge is -2.12. The number of pyridine rings is 1. The third-order valence-electron chi connectivity index (χ3n) is 1.65. The van der Waals surface area contributed by atoms with E-state index in [9.17, 15) is 23.1 Å². The van der Waals surface area contributed by atoms with Crippen molar-refractivity contribution in [3.63, 3.8) is 0 Å². The lowest BCUT2D eigenvalue weighted by atomic mass is 10.2. The Hall–Kier alpha value is -2.03. The van der Waals surface area contributed by atoms with Crippen molar-refractivity contribution in [2.24, 2.45) is 5.73 Å². The molecule has 0 radical (unpaired) electrons. The molecule has 4 N–H and O–H groups in total. The van der Waals surface area contributed by atoms with Crippen molar-refractivity contribution < 1.29 is 32.9 Å². The van der Waals surface area contributed by atoms with Gasteiger partial charge in [-0.05, 0) is 0 Å². The zero-order chi connectivity index (χ0) is 13.2. The Bertz CT molecular complexity index is 447. The molecular weight excluding hydrogens is 245 g/mol. The molecule has 0 amide bonds. The topological polar surface area (TPSA) is 106 Å². The number of hydrogen-bond acceptors (Lipinski definition) is 5. The molecule has 0 fully saturated rings. The lowest BCUT2D eigenvalue weighted by molar-refractivity contribution is -0.275. The van der Waals surface area contributed by atoms with Crippen LogP contribution in [0.1, 0.15) is 16.2 Å². The summed E-state index contributed by atoms with van der Waals surface area (Å²) in [6, 6.07) is 0.718. The molecule has 17 heavy (non-hydrogen) atoms. The predicted molar refractivity (Wildman–Crippen MR) is 47.4 cm³/mol. The summed E-state index contributed by atoms with van der Waals surface area (Å²) in [5.74, 6) is -3.94. The van der Waals surface area contributed by atoms with Gasteiger partial charge in [0.15, 0.2) is 17.2 Å². The number of carboxylic acids is 1. The maximum absolute atomic E-state index is 12.0. The Kier molecular flexibility index (Phi) is 3.42. The molecule has 0 saturated carbocycles. The average molecular weight is 252 g/mol. The van der Waals surface area contributed by atoms with Crippen molar-refractivity contribution in [1.82, 2.24) is 4.98 Å². The number of rotatable bonds is 3. The zero-order valence-corrected chi connectivity index (χ0v) is 8.15. The number of carboxylic acid groups (broad SMARTS) is 1. The van der Waals surface area contributed by atoms with Crippen LogP contribution in [0.5, 0.6) is 11.5 Å². The van der Waals surface area contributed by atoms with Crippen LogP contribution in [0, 0.1) is 0 Å². The van der Waals surface area contributed by atoms with E-state index in [2.05, 4.69) is 9.72 Å². The van der Waals surface area contributed by atoms with Crippen LogP contribution in [0.4, 0.5) is 13.2 Å². The molecule has 9 heteroatoms. The van der Waals surface area contributed by atoms with Gasteiger partial charge in [0, 0.05) is 12.6 Å². The predicted octanol–water partition coefficient (Wildman–Crippen LogP) is 0.843. The molecule has 1 aromatic rings. The fourth-order valence-electron chi connectivity index (χ4n) is 1.02. The number of aromatic hydroxyl groups is 1. The summed E-state index contributed by atoms with van der Waals surface area (Å²) in [5.41, 5.74) is 4.02. The number of carbonyl (C=O) groups is 1. The van der Waals surface area contributed by atoms with Gasteiger partial charge in [0.05, 0.1) is 5.69 Å². The number of nitrogens with two attached hydrogens (primary N) is 1. The number of aromatic nitrogens is 1. The van der Waals surface area contributed by atoms with E-state index in [1.807, 2.05) is 0 Å². The van der Waals surface area contributed by atoms with Gasteiger partial charge in [-0.25, -0.2) is 9.78 Å². The molecule has 0 atom stereocenters. The molecule has 1 heterocycles. The van der Waals surface area contributed by atoms with Gasteiger partial charge >= 0.3 is 12.3 Å². The quantitative estimate of drug-likeness (QED) is 0.736. The molecule has 0 spiro atoms. The second-order valence-electron chi connectivity index (χ2n) is 2.87. The third kappa shape index (κ3) is 3.21. The summed E-state index contributed by atoms with van der Waals surface area (Å²) in [5, 5.41) is 17.8. The largest absolute Gasteiger partial charge is 0.573 e. The van der Waals surface area contributed by atoms with Crippen LogP contribution in [0.25, 0.3) is 0 Å². The van der Waals surface area contributed by atoms with Crippen LogP contribution >= 0.6 is 0 Å². The van der Waals surface area contributed by atoms with Crippen LogP contribution in [0.15, 0.2) is 6.07 Å². The highest BCUT2D eigenvalue weighted by Crippen LogP contribution is 2.33. The van der Waals surface area contributed by atoms with E-state index in [4.69, 9.17) is 10.8 Å². The molecule has 0 saturated heterocycles. The highest BCUT2D eigenvalue weighted by atomic mass is 19.4. The monoisotopic (exact) mass is 252 g/mol. The van der Waals surface area contributed by atoms with Gasteiger partial charge in [-0.1, -0.05) is 0 Å². The Morgan fingerprint density at radius 3 is 2.53 bits per heavy atom. The number of halogens is 3. The fourth-order valence-corrected chi connectivity index (χ4v) is 1.02. The first-order valence-electron chi connectivity index (χ1n) is 4.16. The summed E-state index contributed by atoms with van der Waals surface area (Å²) in [6.07, 6.45) is -5.06. The number of nitrogens with zero attached hydrogens (tertiary/aromatic N) is 1. The van der Waals surface area contributed by atoms with E-state index >= 15 is 0 Å². The zero-order valence-electron chi connectivity index (χ0n) is 8.15. The van der Waals surface area contributed by atoms with Crippen molar-refractivity contribution >= 4 is 5.97 Å². The van der Waals surface area contributed by atoms with E-state index in [-0.39, 0.29) is 12.2 Å². The van der Waals surface area contributed by atoms with Gasteiger partial charge in [-0.2, -0.15) is 0 Å². The highest BCUT2D eigenvalue weighted by molar-refractivity contribution is 5.89. The Labute approximate surface area is 92.4 Å². The lowest BCUT2D eigenvalue weighted by Crippen LogP contribution is -2.18. The number of alkyl halides is 3. The van der Waals surface area contributed by atoms with Gasteiger partial charge in [0.1, 0.15) is 0 Å². The molecule has 1 rings (SSSR count). The van der Waals surface area contributed by atoms with Gasteiger partial charge in [0.2, 0.25) is 0 Å². The van der Waals surface area contributed by atoms with Gasteiger partial charge in [-0.3, -0.25) is 0 Å². The number of hydrogen-bond donors (Lipinski definition) is 3. The van der Waals surface area contributed by atoms with Crippen molar-refractivity contribution in [3.8, 4) is 11.5 Å². The molecule has 94 valence electrons. The number of ether oxygens (including phenoxy) is 1. The first kappa shape index (κ1) is 13.0. The normalized spacial score (nSPS) is 11.3. The Morgan fingerprint density at radius 1 is 1.53 bits per heavy atom. The summed E-state index contributed by atoms with van der Waals surface area (Å²) >= 11 is 0. The average Bonchev–Trinajstić information content (AvgIpc) is 2.18. The molecule has 0 bridgehead atoms. The van der Waals surface area contributed by atoms with Crippen LogP contribution in [0.3, 0.4) is 0 Å². The summed E-state index contributed by atoms with van der Waals surface area (Å²) in [7, 11) is 0. The maximum atomic E-state index is 12.0. The molecule has 0 aromatic carbocycles. The number of aromatic carboxylic acids is 1.